The van der Waals surface area contributed by atoms with Crippen LogP contribution in [0.2, 0.25) is 0 Å². The predicted molar refractivity (Wildman–Crippen MR) is 74.3 cm³/mol. The highest BCUT2D eigenvalue weighted by molar-refractivity contribution is 9.09. The second kappa shape index (κ2) is 5.53. The van der Waals surface area contributed by atoms with Crippen molar-refractivity contribution in [2.75, 3.05) is 18.5 Å². The van der Waals surface area contributed by atoms with Crippen molar-refractivity contribution in [3.8, 4) is 0 Å². The molecule has 4 nitrogen and oxygen atoms in total. The molecule has 1 aromatic heterocycles. The van der Waals surface area contributed by atoms with Crippen molar-refractivity contribution in [3.05, 3.63) is 27.9 Å². The first kappa shape index (κ1) is 13.7. The lowest BCUT2D eigenvalue weighted by Crippen LogP contribution is -2.39. The highest BCUT2D eigenvalue weighted by Gasteiger charge is 2.32. The normalized spacial score (nSPS) is 18.8. The van der Waals surface area contributed by atoms with Crippen LogP contribution in [0.5, 0.6) is 0 Å². The highest BCUT2D eigenvalue weighted by Crippen LogP contribution is 2.34. The van der Waals surface area contributed by atoms with Crippen molar-refractivity contribution >= 4 is 15.9 Å². The molecule has 1 fully saturated rings. The number of rotatable bonds is 3. The third kappa shape index (κ3) is 2.83. The minimum atomic E-state index is 0.0480. The number of aryl methyl sites for hydroxylation is 2. The zero-order valence-corrected chi connectivity index (χ0v) is 12.5. The van der Waals surface area contributed by atoms with Gasteiger partial charge in [0.05, 0.1) is 0 Å². The van der Waals surface area contributed by atoms with Gasteiger partial charge in [-0.25, -0.2) is 4.98 Å². The molecule has 2 rings (SSSR count). The zero-order chi connectivity index (χ0) is 13.2. The predicted octanol–water partition coefficient (Wildman–Crippen LogP) is 2.05. The summed E-state index contributed by atoms with van der Waals surface area (Å²) in [6, 6.07) is 1.61. The number of hydrogen-bond acceptors (Lipinski definition) is 3. The van der Waals surface area contributed by atoms with Gasteiger partial charge in [-0.05, 0) is 26.7 Å². The molecular weight excluding hydrogens is 296 g/mol. The van der Waals surface area contributed by atoms with Crippen LogP contribution in [0.3, 0.4) is 0 Å². The molecule has 0 amide bonds. The lowest BCUT2D eigenvalue weighted by atomic mass is 9.82. The van der Waals surface area contributed by atoms with Crippen LogP contribution in [0, 0.1) is 19.3 Å². The number of alkyl halides is 1. The van der Waals surface area contributed by atoms with Crippen LogP contribution in [0.4, 0.5) is 0 Å². The molecule has 0 aliphatic carbocycles. The first-order valence-corrected chi connectivity index (χ1v) is 7.37. The summed E-state index contributed by atoms with van der Waals surface area (Å²) < 4.78 is 7.21. The first-order chi connectivity index (χ1) is 8.56. The summed E-state index contributed by atoms with van der Waals surface area (Å²) in [5.41, 5.74) is 0.949. The van der Waals surface area contributed by atoms with E-state index >= 15 is 0 Å². The van der Waals surface area contributed by atoms with Gasteiger partial charge < -0.3 is 4.74 Å². The second-order valence-corrected chi connectivity index (χ2v) is 5.68. The van der Waals surface area contributed by atoms with E-state index in [9.17, 15) is 4.79 Å². The fourth-order valence-electron chi connectivity index (χ4n) is 2.43. The van der Waals surface area contributed by atoms with Crippen molar-refractivity contribution in [1.29, 1.82) is 0 Å². The van der Waals surface area contributed by atoms with E-state index < -0.39 is 0 Å². The van der Waals surface area contributed by atoms with Crippen LogP contribution in [0.1, 0.15) is 24.4 Å². The molecule has 0 unspecified atom stereocenters. The molecule has 0 spiro atoms. The van der Waals surface area contributed by atoms with Crippen LogP contribution < -0.4 is 5.56 Å². The Morgan fingerprint density at radius 3 is 2.67 bits per heavy atom. The van der Waals surface area contributed by atoms with Crippen molar-refractivity contribution in [2.24, 2.45) is 5.41 Å². The van der Waals surface area contributed by atoms with Gasteiger partial charge in [0.2, 0.25) is 0 Å². The molecule has 1 aliphatic heterocycles. The summed E-state index contributed by atoms with van der Waals surface area (Å²) in [6.07, 6.45) is 1.97. The summed E-state index contributed by atoms with van der Waals surface area (Å²) in [6.45, 7) is 6.03. The van der Waals surface area contributed by atoms with Gasteiger partial charge in [-0.2, -0.15) is 0 Å². The van der Waals surface area contributed by atoms with Gasteiger partial charge in [-0.1, -0.05) is 15.9 Å². The average molecular weight is 315 g/mol. The average Bonchev–Trinajstić information content (AvgIpc) is 2.35. The highest BCUT2D eigenvalue weighted by atomic mass is 79.9. The molecule has 0 bridgehead atoms. The Hall–Kier alpha value is -0.680. The Balaban J connectivity index is 2.30. The monoisotopic (exact) mass is 314 g/mol. The first-order valence-electron chi connectivity index (χ1n) is 6.25. The molecule has 0 saturated carbocycles. The lowest BCUT2D eigenvalue weighted by molar-refractivity contribution is 0.0177. The molecule has 5 heteroatoms. The Morgan fingerprint density at radius 1 is 1.44 bits per heavy atom. The molecule has 1 aliphatic rings. The van der Waals surface area contributed by atoms with Crippen molar-refractivity contribution in [3.63, 3.8) is 0 Å². The third-order valence-corrected chi connectivity index (χ3v) is 4.85. The molecule has 100 valence electrons. The third-order valence-electron chi connectivity index (χ3n) is 3.66. The smallest absolute Gasteiger partial charge is 0.253 e. The molecule has 1 saturated heterocycles. The van der Waals surface area contributed by atoms with E-state index in [0.29, 0.717) is 0 Å². The van der Waals surface area contributed by atoms with Gasteiger partial charge in [-0.3, -0.25) is 9.36 Å². The maximum absolute atomic E-state index is 12.1. The molecule has 0 aromatic carbocycles. The van der Waals surface area contributed by atoms with Gasteiger partial charge in [0.1, 0.15) is 5.82 Å². The van der Waals surface area contributed by atoms with Crippen LogP contribution in [0.25, 0.3) is 0 Å². The van der Waals surface area contributed by atoms with Crippen LogP contribution in [-0.4, -0.2) is 28.1 Å². The Labute approximate surface area is 116 Å². The minimum absolute atomic E-state index is 0.0480. The van der Waals surface area contributed by atoms with Crippen LogP contribution in [-0.2, 0) is 11.3 Å². The lowest BCUT2D eigenvalue weighted by Gasteiger charge is -2.36. The van der Waals surface area contributed by atoms with E-state index in [4.69, 9.17) is 4.74 Å². The standard InChI is InChI=1S/C13H19BrN2O2/c1-10-7-12(17)16(11(2)15-10)9-13(8-14)3-5-18-6-4-13/h7H,3-6,8-9H2,1-2H3. The molecular formula is C13H19BrN2O2. The Bertz CT molecular complexity index is 478. The summed E-state index contributed by atoms with van der Waals surface area (Å²) >= 11 is 3.60. The van der Waals surface area contributed by atoms with Gasteiger partial charge in [0.15, 0.2) is 0 Å². The minimum Gasteiger partial charge on any atom is -0.381 e. The van der Waals surface area contributed by atoms with E-state index in [1.165, 1.54) is 0 Å². The number of aromatic nitrogens is 2. The Kier molecular flexibility index (Phi) is 4.22. The van der Waals surface area contributed by atoms with Crippen LogP contribution >= 0.6 is 15.9 Å². The van der Waals surface area contributed by atoms with Crippen molar-refractivity contribution in [2.45, 2.75) is 33.2 Å². The van der Waals surface area contributed by atoms with Gasteiger partial charge in [-0.15, -0.1) is 0 Å². The largest absolute Gasteiger partial charge is 0.381 e. The van der Waals surface area contributed by atoms with E-state index in [-0.39, 0.29) is 11.0 Å². The molecule has 0 atom stereocenters. The van der Waals surface area contributed by atoms with E-state index in [1.54, 1.807) is 10.6 Å². The van der Waals surface area contributed by atoms with Crippen molar-refractivity contribution < 1.29 is 4.74 Å². The maximum Gasteiger partial charge on any atom is 0.253 e. The zero-order valence-electron chi connectivity index (χ0n) is 10.9. The van der Waals surface area contributed by atoms with Crippen molar-refractivity contribution in [1.82, 2.24) is 9.55 Å². The molecule has 0 radical (unpaired) electrons. The SMILES string of the molecule is Cc1cc(=O)n(CC2(CBr)CCOCC2)c(C)n1. The molecule has 0 N–H and O–H groups in total. The molecule has 2 heterocycles. The topological polar surface area (TPSA) is 44.1 Å². The number of hydrogen-bond donors (Lipinski definition) is 0. The molecule has 1 aromatic rings. The van der Waals surface area contributed by atoms with E-state index in [0.717, 1.165) is 49.4 Å². The van der Waals surface area contributed by atoms with Crippen LogP contribution in [0.15, 0.2) is 10.9 Å². The van der Waals surface area contributed by atoms with E-state index in [2.05, 4.69) is 20.9 Å². The number of nitrogens with zero attached hydrogens (tertiary/aromatic N) is 2. The van der Waals surface area contributed by atoms with E-state index in [1.807, 2.05) is 13.8 Å². The summed E-state index contributed by atoms with van der Waals surface area (Å²) in [7, 11) is 0. The maximum atomic E-state index is 12.1. The summed E-state index contributed by atoms with van der Waals surface area (Å²) in [4.78, 5) is 16.5. The quantitative estimate of drug-likeness (QED) is 0.802. The fourth-order valence-corrected chi connectivity index (χ4v) is 3.17. The van der Waals surface area contributed by atoms with Gasteiger partial charge in [0.25, 0.3) is 5.56 Å². The second-order valence-electron chi connectivity index (χ2n) is 5.12. The van der Waals surface area contributed by atoms with Gasteiger partial charge in [0, 0.05) is 42.3 Å². The molecule has 18 heavy (non-hydrogen) atoms. The number of ether oxygens (including phenoxy) is 1. The Morgan fingerprint density at radius 2 is 2.11 bits per heavy atom. The number of halogens is 1. The summed E-state index contributed by atoms with van der Waals surface area (Å²) in [5, 5.41) is 0.892. The fraction of sp³-hybridized carbons (Fsp3) is 0.692. The summed E-state index contributed by atoms with van der Waals surface area (Å²) in [5.74, 6) is 0.798. The van der Waals surface area contributed by atoms with Gasteiger partial charge >= 0.3 is 0 Å².